The van der Waals surface area contributed by atoms with Gasteiger partial charge in [-0.1, -0.05) is 18.2 Å². The Hall–Kier alpha value is -3.00. The summed E-state index contributed by atoms with van der Waals surface area (Å²) in [6, 6.07) is 17.4. The fraction of sp³-hybridized carbons (Fsp3) is 0.300. The fourth-order valence-corrected chi connectivity index (χ4v) is 3.02. The largest absolute Gasteiger partial charge is 0.497 e. The molecule has 0 saturated carbocycles. The first-order valence-electron chi connectivity index (χ1n) is 8.35. The van der Waals surface area contributed by atoms with Crippen LogP contribution >= 0.6 is 0 Å². The second-order valence-electron chi connectivity index (χ2n) is 6.05. The molecule has 0 N–H and O–H groups in total. The number of carbonyl (C=O) groups is 1. The lowest BCUT2D eigenvalue weighted by atomic mass is 10.1. The van der Waals surface area contributed by atoms with Crippen LogP contribution in [0, 0.1) is 11.3 Å². The van der Waals surface area contributed by atoms with Crippen LogP contribution < -0.4 is 9.64 Å². The molecule has 0 spiro atoms. The van der Waals surface area contributed by atoms with Gasteiger partial charge in [-0.15, -0.1) is 0 Å². The van der Waals surface area contributed by atoms with Crippen LogP contribution in [-0.4, -0.2) is 44.1 Å². The third-order valence-corrected chi connectivity index (χ3v) is 4.49. The van der Waals surface area contributed by atoms with E-state index in [1.807, 2.05) is 47.4 Å². The number of anilines is 1. The SMILES string of the molecule is COc1ccc(CC(=O)N2CCN(c3cccc(C#N)c3)CC2)cc1. The Balaban J connectivity index is 1.56. The Kier molecular flexibility index (Phi) is 5.20. The van der Waals surface area contributed by atoms with E-state index in [0.29, 0.717) is 25.1 Å². The summed E-state index contributed by atoms with van der Waals surface area (Å²) in [5, 5.41) is 9.02. The Morgan fingerprint density at radius 1 is 1.12 bits per heavy atom. The maximum absolute atomic E-state index is 12.5. The number of rotatable bonds is 4. The van der Waals surface area contributed by atoms with Crippen molar-refractivity contribution in [2.75, 3.05) is 38.2 Å². The molecule has 2 aromatic rings. The third-order valence-electron chi connectivity index (χ3n) is 4.49. The van der Waals surface area contributed by atoms with Gasteiger partial charge in [0.25, 0.3) is 0 Å². The Morgan fingerprint density at radius 3 is 2.48 bits per heavy atom. The molecule has 0 aliphatic carbocycles. The summed E-state index contributed by atoms with van der Waals surface area (Å²) in [5.41, 5.74) is 2.70. The van der Waals surface area contributed by atoms with Crippen LogP contribution in [0.3, 0.4) is 0 Å². The second-order valence-corrected chi connectivity index (χ2v) is 6.05. The average Bonchev–Trinajstić information content (AvgIpc) is 2.68. The van der Waals surface area contributed by atoms with Gasteiger partial charge in [0.2, 0.25) is 5.91 Å². The molecule has 1 aliphatic heterocycles. The highest BCUT2D eigenvalue weighted by Gasteiger charge is 2.21. The monoisotopic (exact) mass is 335 g/mol. The van der Waals surface area contributed by atoms with Crippen molar-refractivity contribution < 1.29 is 9.53 Å². The maximum atomic E-state index is 12.5. The Bertz CT molecular complexity index is 772. The first-order valence-corrected chi connectivity index (χ1v) is 8.35. The van der Waals surface area contributed by atoms with Gasteiger partial charge in [-0.2, -0.15) is 5.26 Å². The van der Waals surface area contributed by atoms with Crippen LogP contribution in [0.15, 0.2) is 48.5 Å². The zero-order chi connectivity index (χ0) is 17.6. The molecule has 25 heavy (non-hydrogen) atoms. The average molecular weight is 335 g/mol. The minimum Gasteiger partial charge on any atom is -0.497 e. The van der Waals surface area contributed by atoms with Gasteiger partial charge in [0.15, 0.2) is 0 Å². The van der Waals surface area contributed by atoms with Crippen molar-refractivity contribution in [3.63, 3.8) is 0 Å². The predicted octanol–water partition coefficient (Wildman–Crippen LogP) is 2.46. The second kappa shape index (κ2) is 7.71. The summed E-state index contributed by atoms with van der Waals surface area (Å²) in [6.07, 6.45) is 0.411. The first-order chi connectivity index (χ1) is 12.2. The molecule has 5 heteroatoms. The zero-order valence-electron chi connectivity index (χ0n) is 14.3. The van der Waals surface area contributed by atoms with Gasteiger partial charge in [-0.05, 0) is 35.9 Å². The van der Waals surface area contributed by atoms with E-state index >= 15 is 0 Å². The molecule has 1 amide bonds. The van der Waals surface area contributed by atoms with E-state index in [9.17, 15) is 4.79 Å². The highest BCUT2D eigenvalue weighted by atomic mass is 16.5. The molecule has 0 unspecified atom stereocenters. The van der Waals surface area contributed by atoms with Crippen LogP contribution in [0.25, 0.3) is 0 Å². The number of piperazine rings is 1. The number of nitriles is 1. The molecule has 2 aromatic carbocycles. The number of hydrogen-bond acceptors (Lipinski definition) is 4. The predicted molar refractivity (Wildman–Crippen MR) is 96.6 cm³/mol. The quantitative estimate of drug-likeness (QED) is 0.861. The van der Waals surface area contributed by atoms with Gasteiger partial charge >= 0.3 is 0 Å². The summed E-state index contributed by atoms with van der Waals surface area (Å²) >= 11 is 0. The van der Waals surface area contributed by atoms with Gasteiger partial charge < -0.3 is 14.5 Å². The third kappa shape index (κ3) is 4.10. The van der Waals surface area contributed by atoms with Crippen LogP contribution in [0.5, 0.6) is 5.75 Å². The molecule has 0 aromatic heterocycles. The van der Waals surface area contributed by atoms with Gasteiger partial charge in [-0.3, -0.25) is 4.79 Å². The van der Waals surface area contributed by atoms with Crippen molar-refractivity contribution in [3.05, 3.63) is 59.7 Å². The van der Waals surface area contributed by atoms with Crippen molar-refractivity contribution in [3.8, 4) is 11.8 Å². The molecule has 1 heterocycles. The van der Waals surface area contributed by atoms with Crippen LogP contribution in [0.1, 0.15) is 11.1 Å². The van der Waals surface area contributed by atoms with Crippen molar-refractivity contribution in [1.29, 1.82) is 5.26 Å². The summed E-state index contributed by atoms with van der Waals surface area (Å²) < 4.78 is 5.14. The van der Waals surface area contributed by atoms with Crippen LogP contribution in [-0.2, 0) is 11.2 Å². The lowest BCUT2D eigenvalue weighted by Crippen LogP contribution is -2.49. The number of hydrogen-bond donors (Lipinski definition) is 0. The van der Waals surface area contributed by atoms with E-state index in [1.54, 1.807) is 13.2 Å². The minimum absolute atomic E-state index is 0.149. The zero-order valence-corrected chi connectivity index (χ0v) is 14.3. The molecule has 128 valence electrons. The normalized spacial score (nSPS) is 14.1. The maximum Gasteiger partial charge on any atom is 0.227 e. The number of ether oxygens (including phenoxy) is 1. The molecule has 0 bridgehead atoms. The highest BCUT2D eigenvalue weighted by molar-refractivity contribution is 5.79. The Morgan fingerprint density at radius 2 is 1.84 bits per heavy atom. The molecular formula is C20H21N3O2. The van der Waals surface area contributed by atoms with E-state index in [4.69, 9.17) is 10.00 Å². The van der Waals surface area contributed by atoms with Gasteiger partial charge in [0.1, 0.15) is 5.75 Å². The van der Waals surface area contributed by atoms with Crippen LogP contribution in [0.4, 0.5) is 5.69 Å². The summed E-state index contributed by atoms with van der Waals surface area (Å²) in [5.74, 6) is 0.944. The first kappa shape index (κ1) is 16.8. The standard InChI is InChI=1S/C20H21N3O2/c1-25-19-7-5-16(6-8-19)14-20(24)23-11-9-22(10-12-23)18-4-2-3-17(13-18)15-21/h2-8,13H,9-12,14H2,1H3. The summed E-state index contributed by atoms with van der Waals surface area (Å²) in [6.45, 7) is 2.96. The van der Waals surface area contributed by atoms with Crippen molar-refractivity contribution in [2.24, 2.45) is 0 Å². The molecule has 3 rings (SSSR count). The number of nitrogens with zero attached hydrogens (tertiary/aromatic N) is 3. The molecule has 0 atom stereocenters. The van der Waals surface area contributed by atoms with Gasteiger partial charge in [0, 0.05) is 31.9 Å². The van der Waals surface area contributed by atoms with E-state index in [2.05, 4.69) is 11.0 Å². The van der Waals surface area contributed by atoms with Gasteiger partial charge in [-0.25, -0.2) is 0 Å². The molecule has 1 fully saturated rings. The number of amides is 1. The fourth-order valence-electron chi connectivity index (χ4n) is 3.02. The van der Waals surface area contributed by atoms with E-state index in [0.717, 1.165) is 30.1 Å². The van der Waals surface area contributed by atoms with E-state index in [1.165, 1.54) is 0 Å². The number of methoxy groups -OCH3 is 1. The summed E-state index contributed by atoms with van der Waals surface area (Å²) in [4.78, 5) is 16.6. The van der Waals surface area contributed by atoms with E-state index < -0.39 is 0 Å². The smallest absolute Gasteiger partial charge is 0.227 e. The molecule has 1 aliphatic rings. The van der Waals surface area contributed by atoms with E-state index in [-0.39, 0.29) is 5.91 Å². The van der Waals surface area contributed by atoms with Crippen molar-refractivity contribution in [1.82, 2.24) is 4.90 Å². The lowest BCUT2D eigenvalue weighted by Gasteiger charge is -2.36. The number of carbonyl (C=O) groups excluding carboxylic acids is 1. The van der Waals surface area contributed by atoms with Crippen molar-refractivity contribution >= 4 is 11.6 Å². The molecule has 1 saturated heterocycles. The topological polar surface area (TPSA) is 56.6 Å². The molecule has 5 nitrogen and oxygen atoms in total. The molecule has 0 radical (unpaired) electrons. The Labute approximate surface area is 148 Å². The van der Waals surface area contributed by atoms with Gasteiger partial charge in [0.05, 0.1) is 25.2 Å². The summed E-state index contributed by atoms with van der Waals surface area (Å²) in [7, 11) is 1.63. The van der Waals surface area contributed by atoms with Crippen LogP contribution in [0.2, 0.25) is 0 Å². The minimum atomic E-state index is 0.149. The lowest BCUT2D eigenvalue weighted by molar-refractivity contribution is -0.130. The van der Waals surface area contributed by atoms with Crippen molar-refractivity contribution in [2.45, 2.75) is 6.42 Å². The molecular weight excluding hydrogens is 314 g/mol. The number of benzene rings is 2. The highest BCUT2D eigenvalue weighted by Crippen LogP contribution is 2.18.